The quantitative estimate of drug-likeness (QED) is 0.861. The molecule has 1 fully saturated rings. The van der Waals surface area contributed by atoms with Crippen molar-refractivity contribution in [1.82, 2.24) is 4.72 Å². The van der Waals surface area contributed by atoms with E-state index in [1.165, 1.54) is 19.2 Å². The zero-order valence-corrected chi connectivity index (χ0v) is 12.6. The summed E-state index contributed by atoms with van der Waals surface area (Å²) < 4.78 is 32.3. The lowest BCUT2D eigenvalue weighted by molar-refractivity contribution is -0.142. The molecule has 1 aliphatic carbocycles. The van der Waals surface area contributed by atoms with Gasteiger partial charge in [-0.05, 0) is 37.8 Å². The van der Waals surface area contributed by atoms with Gasteiger partial charge in [-0.15, -0.1) is 0 Å². The molecule has 0 bridgehead atoms. The van der Waals surface area contributed by atoms with Gasteiger partial charge in [-0.25, -0.2) is 13.1 Å². The highest BCUT2D eigenvalue weighted by molar-refractivity contribution is 7.89. The number of aliphatic carboxylic acids is 1. The van der Waals surface area contributed by atoms with E-state index in [4.69, 9.17) is 9.84 Å². The van der Waals surface area contributed by atoms with E-state index in [0.29, 0.717) is 31.4 Å². The van der Waals surface area contributed by atoms with Crippen LogP contribution in [0.5, 0.6) is 5.75 Å². The molecule has 0 atom stereocenters. The molecule has 0 saturated heterocycles. The lowest BCUT2D eigenvalue weighted by Gasteiger charge is -2.26. The Balaban J connectivity index is 2.03. The maximum absolute atomic E-state index is 12.3. The molecule has 21 heavy (non-hydrogen) atoms. The lowest BCUT2D eigenvalue weighted by Crippen LogP contribution is -2.38. The van der Waals surface area contributed by atoms with Crippen LogP contribution in [0.2, 0.25) is 0 Å². The third kappa shape index (κ3) is 3.95. The second-order valence-corrected chi connectivity index (χ2v) is 6.90. The van der Waals surface area contributed by atoms with Crippen molar-refractivity contribution in [2.45, 2.75) is 36.6 Å². The Morgan fingerprint density at radius 2 is 1.95 bits per heavy atom. The summed E-state index contributed by atoms with van der Waals surface area (Å²) >= 11 is 0. The van der Waals surface area contributed by atoms with E-state index in [1.54, 1.807) is 12.1 Å². The molecule has 0 spiro atoms. The molecule has 0 heterocycles. The minimum atomic E-state index is -3.61. The van der Waals surface area contributed by atoms with Crippen LogP contribution in [0.4, 0.5) is 0 Å². The van der Waals surface area contributed by atoms with Gasteiger partial charge in [0.05, 0.1) is 17.9 Å². The number of benzene rings is 1. The average Bonchev–Trinajstić information content (AvgIpc) is 2.47. The summed E-state index contributed by atoms with van der Waals surface area (Å²) in [6.45, 7) is 0. The fourth-order valence-corrected chi connectivity index (χ4v) is 3.85. The number of methoxy groups -OCH3 is 1. The topological polar surface area (TPSA) is 92.7 Å². The van der Waals surface area contributed by atoms with E-state index in [-0.39, 0.29) is 16.9 Å². The number of nitrogens with one attached hydrogen (secondary N) is 1. The predicted octanol–water partition coefficient (Wildman–Crippen LogP) is 1.62. The van der Waals surface area contributed by atoms with Crippen LogP contribution in [0.25, 0.3) is 0 Å². The minimum Gasteiger partial charge on any atom is -0.497 e. The van der Waals surface area contributed by atoms with Crippen molar-refractivity contribution in [1.29, 1.82) is 0 Å². The number of carboxylic acid groups (broad SMARTS) is 1. The maximum Gasteiger partial charge on any atom is 0.306 e. The largest absolute Gasteiger partial charge is 0.497 e. The molecule has 1 aromatic rings. The molecule has 2 N–H and O–H groups in total. The third-order valence-corrected chi connectivity index (χ3v) is 5.27. The first-order valence-corrected chi connectivity index (χ1v) is 8.30. The Bertz CT molecular complexity index is 606. The van der Waals surface area contributed by atoms with Gasteiger partial charge < -0.3 is 9.84 Å². The van der Waals surface area contributed by atoms with Crippen molar-refractivity contribution in [3.63, 3.8) is 0 Å². The first kappa shape index (κ1) is 15.8. The molecule has 6 nitrogen and oxygen atoms in total. The Morgan fingerprint density at radius 1 is 1.29 bits per heavy atom. The fourth-order valence-electron chi connectivity index (χ4n) is 2.51. The smallest absolute Gasteiger partial charge is 0.306 e. The molecular formula is C14H19NO5S. The Labute approximate surface area is 124 Å². The van der Waals surface area contributed by atoms with E-state index < -0.39 is 16.0 Å². The van der Waals surface area contributed by atoms with Gasteiger partial charge in [0.15, 0.2) is 0 Å². The van der Waals surface area contributed by atoms with Gasteiger partial charge in [-0.2, -0.15) is 0 Å². The summed E-state index contributed by atoms with van der Waals surface area (Å²) in [5.41, 5.74) is 0. The summed E-state index contributed by atoms with van der Waals surface area (Å²) in [6, 6.07) is 6.06. The van der Waals surface area contributed by atoms with Crippen LogP contribution in [-0.2, 0) is 14.8 Å². The van der Waals surface area contributed by atoms with Crippen LogP contribution in [0.1, 0.15) is 25.7 Å². The number of hydrogen-bond acceptors (Lipinski definition) is 4. The van der Waals surface area contributed by atoms with Crippen molar-refractivity contribution in [2.24, 2.45) is 5.92 Å². The van der Waals surface area contributed by atoms with Crippen LogP contribution in [0.3, 0.4) is 0 Å². The maximum atomic E-state index is 12.3. The summed E-state index contributed by atoms with van der Waals surface area (Å²) in [5, 5.41) is 8.94. The summed E-state index contributed by atoms with van der Waals surface area (Å²) in [6.07, 6.45) is 2.08. The normalized spacial score (nSPS) is 22.7. The Hall–Kier alpha value is -1.60. The van der Waals surface area contributed by atoms with E-state index in [9.17, 15) is 13.2 Å². The highest BCUT2D eigenvalue weighted by atomic mass is 32.2. The molecule has 0 radical (unpaired) electrons. The zero-order chi connectivity index (χ0) is 15.5. The molecule has 7 heteroatoms. The summed E-state index contributed by atoms with van der Waals surface area (Å²) in [4.78, 5) is 11.0. The predicted molar refractivity (Wildman–Crippen MR) is 76.7 cm³/mol. The minimum absolute atomic E-state index is 0.155. The number of ether oxygens (including phenoxy) is 1. The molecule has 0 aliphatic heterocycles. The molecule has 0 amide bonds. The second-order valence-electron chi connectivity index (χ2n) is 5.19. The lowest BCUT2D eigenvalue weighted by atomic mass is 9.87. The Kier molecular flexibility index (Phi) is 4.84. The molecule has 1 aromatic carbocycles. The highest BCUT2D eigenvalue weighted by Gasteiger charge is 2.28. The van der Waals surface area contributed by atoms with Crippen LogP contribution < -0.4 is 9.46 Å². The van der Waals surface area contributed by atoms with Crippen molar-refractivity contribution in [2.75, 3.05) is 7.11 Å². The standard InChI is InChI=1S/C14H19NO5S/c1-20-12-3-2-4-13(9-12)21(18,19)15-11-7-5-10(6-8-11)14(16)17/h2-4,9-11,15H,5-8H2,1H3,(H,16,17). The van der Waals surface area contributed by atoms with Gasteiger partial charge in [0, 0.05) is 12.1 Å². The molecule has 1 saturated carbocycles. The van der Waals surface area contributed by atoms with Crippen LogP contribution in [0.15, 0.2) is 29.2 Å². The van der Waals surface area contributed by atoms with E-state index >= 15 is 0 Å². The zero-order valence-electron chi connectivity index (χ0n) is 11.8. The molecular weight excluding hydrogens is 294 g/mol. The molecule has 1 aliphatic rings. The number of rotatable bonds is 5. The van der Waals surface area contributed by atoms with E-state index in [0.717, 1.165) is 0 Å². The van der Waals surface area contributed by atoms with Crippen molar-refractivity contribution < 1.29 is 23.1 Å². The van der Waals surface area contributed by atoms with Gasteiger partial charge in [0.2, 0.25) is 10.0 Å². The number of carbonyl (C=O) groups is 1. The van der Waals surface area contributed by atoms with E-state index in [2.05, 4.69) is 4.72 Å². The van der Waals surface area contributed by atoms with Crippen molar-refractivity contribution in [3.8, 4) is 5.75 Å². The molecule has 0 unspecified atom stereocenters. The summed E-state index contributed by atoms with van der Waals surface area (Å²) in [7, 11) is -2.13. The average molecular weight is 313 g/mol. The van der Waals surface area contributed by atoms with Crippen LogP contribution >= 0.6 is 0 Å². The molecule has 0 aromatic heterocycles. The number of carboxylic acids is 1. The summed E-state index contributed by atoms with van der Waals surface area (Å²) in [5.74, 6) is -0.681. The highest BCUT2D eigenvalue weighted by Crippen LogP contribution is 2.26. The van der Waals surface area contributed by atoms with Gasteiger partial charge >= 0.3 is 5.97 Å². The number of hydrogen-bond donors (Lipinski definition) is 2. The van der Waals surface area contributed by atoms with Crippen molar-refractivity contribution in [3.05, 3.63) is 24.3 Å². The van der Waals surface area contributed by atoms with Gasteiger partial charge in [-0.1, -0.05) is 6.07 Å². The first-order valence-electron chi connectivity index (χ1n) is 6.81. The monoisotopic (exact) mass is 313 g/mol. The third-order valence-electron chi connectivity index (χ3n) is 3.75. The second kappa shape index (κ2) is 6.44. The van der Waals surface area contributed by atoms with Crippen LogP contribution in [0, 0.1) is 5.92 Å². The van der Waals surface area contributed by atoms with Crippen LogP contribution in [-0.4, -0.2) is 32.6 Å². The van der Waals surface area contributed by atoms with Gasteiger partial charge in [0.1, 0.15) is 5.75 Å². The van der Waals surface area contributed by atoms with E-state index in [1.807, 2.05) is 0 Å². The molecule has 116 valence electrons. The Morgan fingerprint density at radius 3 is 2.52 bits per heavy atom. The van der Waals surface area contributed by atoms with Gasteiger partial charge in [-0.3, -0.25) is 4.79 Å². The molecule has 2 rings (SSSR count). The number of sulfonamides is 1. The SMILES string of the molecule is COc1cccc(S(=O)(=O)NC2CCC(C(=O)O)CC2)c1. The first-order chi connectivity index (χ1) is 9.92. The van der Waals surface area contributed by atoms with Gasteiger partial charge in [0.25, 0.3) is 0 Å². The van der Waals surface area contributed by atoms with Crippen molar-refractivity contribution >= 4 is 16.0 Å². The fraction of sp³-hybridized carbons (Fsp3) is 0.500.